The van der Waals surface area contributed by atoms with Crippen molar-refractivity contribution in [1.29, 1.82) is 0 Å². The Labute approximate surface area is 116 Å². The molecule has 19 heavy (non-hydrogen) atoms. The van der Waals surface area contributed by atoms with Gasteiger partial charge in [0.15, 0.2) is 11.5 Å². The van der Waals surface area contributed by atoms with E-state index >= 15 is 0 Å². The summed E-state index contributed by atoms with van der Waals surface area (Å²) in [5.74, 6) is 0.132. The van der Waals surface area contributed by atoms with Crippen LogP contribution in [0.2, 0.25) is 0 Å². The number of benzene rings is 1. The van der Waals surface area contributed by atoms with E-state index in [0.29, 0.717) is 5.92 Å². The van der Waals surface area contributed by atoms with E-state index in [-0.39, 0.29) is 11.5 Å². The van der Waals surface area contributed by atoms with Crippen LogP contribution >= 0.6 is 11.3 Å². The van der Waals surface area contributed by atoms with Gasteiger partial charge in [-0.15, -0.1) is 11.3 Å². The van der Waals surface area contributed by atoms with E-state index in [4.69, 9.17) is 0 Å². The number of aromatic nitrogens is 1. The summed E-state index contributed by atoms with van der Waals surface area (Å²) in [5.41, 5.74) is 1.91. The third-order valence-corrected chi connectivity index (χ3v) is 3.95. The van der Waals surface area contributed by atoms with Gasteiger partial charge in [-0.1, -0.05) is 13.8 Å². The fourth-order valence-electron chi connectivity index (χ4n) is 1.88. The van der Waals surface area contributed by atoms with Crippen LogP contribution in [0, 0.1) is 0 Å². The molecule has 102 valence electrons. The molecule has 0 saturated heterocycles. The normalized spacial score (nSPS) is 11.2. The quantitative estimate of drug-likeness (QED) is 0.752. The summed E-state index contributed by atoms with van der Waals surface area (Å²) < 4.78 is 0. The van der Waals surface area contributed by atoms with Crippen LogP contribution in [-0.2, 0) is 6.54 Å². The summed E-state index contributed by atoms with van der Waals surface area (Å²) in [6.07, 6.45) is 0. The molecular weight excluding hydrogens is 260 g/mol. The topological polar surface area (TPSA) is 65.4 Å². The lowest BCUT2D eigenvalue weighted by molar-refractivity contribution is 0.404. The second-order valence-electron chi connectivity index (χ2n) is 4.72. The molecule has 4 nitrogen and oxygen atoms in total. The van der Waals surface area contributed by atoms with Crippen LogP contribution in [0.5, 0.6) is 11.5 Å². The number of phenols is 2. The van der Waals surface area contributed by atoms with Gasteiger partial charge in [0.2, 0.25) is 0 Å². The molecular formula is C14H18N2O2S. The van der Waals surface area contributed by atoms with E-state index in [1.807, 2.05) is 7.05 Å². The van der Waals surface area contributed by atoms with Crippen molar-refractivity contribution in [2.45, 2.75) is 26.3 Å². The summed E-state index contributed by atoms with van der Waals surface area (Å²) >= 11 is 1.61. The van der Waals surface area contributed by atoms with Crippen molar-refractivity contribution in [3.05, 3.63) is 28.8 Å². The molecule has 1 aromatic heterocycles. The van der Waals surface area contributed by atoms with E-state index in [0.717, 1.165) is 22.8 Å². The lowest BCUT2D eigenvalue weighted by atomic mass is 10.1. The Kier molecular flexibility index (Phi) is 4.07. The lowest BCUT2D eigenvalue weighted by Gasteiger charge is -2.03. The molecule has 0 bridgehead atoms. The first-order valence-corrected chi connectivity index (χ1v) is 7.01. The van der Waals surface area contributed by atoms with E-state index < -0.39 is 0 Å². The highest BCUT2D eigenvalue weighted by Gasteiger charge is 2.15. The number of rotatable bonds is 4. The van der Waals surface area contributed by atoms with Crippen LogP contribution in [0.1, 0.15) is 30.3 Å². The monoisotopic (exact) mass is 278 g/mol. The molecule has 0 aliphatic heterocycles. The molecule has 0 fully saturated rings. The van der Waals surface area contributed by atoms with Crippen molar-refractivity contribution in [2.75, 3.05) is 7.05 Å². The van der Waals surface area contributed by atoms with Gasteiger partial charge in [-0.05, 0) is 31.2 Å². The zero-order valence-electron chi connectivity index (χ0n) is 11.3. The van der Waals surface area contributed by atoms with Crippen LogP contribution in [0.3, 0.4) is 0 Å². The first-order chi connectivity index (χ1) is 9.02. The largest absolute Gasteiger partial charge is 0.504 e. The maximum absolute atomic E-state index is 9.56. The van der Waals surface area contributed by atoms with Gasteiger partial charge in [0.25, 0.3) is 0 Å². The smallest absolute Gasteiger partial charge is 0.158 e. The number of thiazole rings is 1. The molecule has 5 heteroatoms. The SMILES string of the molecule is CNCc1sc(-c2ccc(O)c(O)c2)nc1C(C)C. The van der Waals surface area contributed by atoms with Gasteiger partial charge in [-0.25, -0.2) is 4.98 Å². The second-order valence-corrected chi connectivity index (χ2v) is 5.80. The molecule has 1 heterocycles. The maximum Gasteiger partial charge on any atom is 0.158 e. The second kappa shape index (κ2) is 5.59. The van der Waals surface area contributed by atoms with Crippen molar-refractivity contribution >= 4 is 11.3 Å². The van der Waals surface area contributed by atoms with Crippen LogP contribution in [0.25, 0.3) is 10.6 Å². The number of hydrogen-bond acceptors (Lipinski definition) is 5. The average molecular weight is 278 g/mol. The van der Waals surface area contributed by atoms with Gasteiger partial charge in [-0.3, -0.25) is 0 Å². The van der Waals surface area contributed by atoms with Crippen LogP contribution in [0.15, 0.2) is 18.2 Å². The summed E-state index contributed by atoms with van der Waals surface area (Å²) in [5, 5.41) is 22.9. The number of nitrogens with zero attached hydrogens (tertiary/aromatic N) is 1. The Morgan fingerprint density at radius 3 is 2.58 bits per heavy atom. The first-order valence-electron chi connectivity index (χ1n) is 6.19. The standard InChI is InChI=1S/C14H18N2O2S/c1-8(2)13-12(7-15-3)19-14(16-13)9-4-5-10(17)11(18)6-9/h4-6,8,15,17-18H,7H2,1-3H3. The highest BCUT2D eigenvalue weighted by molar-refractivity contribution is 7.15. The molecule has 0 unspecified atom stereocenters. The van der Waals surface area contributed by atoms with Crippen molar-refractivity contribution in [2.24, 2.45) is 0 Å². The third-order valence-electron chi connectivity index (χ3n) is 2.83. The zero-order chi connectivity index (χ0) is 14.0. The van der Waals surface area contributed by atoms with Gasteiger partial charge in [0, 0.05) is 17.0 Å². The number of hydrogen-bond donors (Lipinski definition) is 3. The minimum Gasteiger partial charge on any atom is -0.504 e. The summed E-state index contributed by atoms with van der Waals surface area (Å²) in [4.78, 5) is 5.86. The van der Waals surface area contributed by atoms with E-state index in [2.05, 4.69) is 24.1 Å². The van der Waals surface area contributed by atoms with E-state index in [9.17, 15) is 10.2 Å². The summed E-state index contributed by atoms with van der Waals surface area (Å²) in [7, 11) is 1.91. The Bertz CT molecular complexity index is 579. The van der Waals surface area contributed by atoms with Crippen LogP contribution in [0.4, 0.5) is 0 Å². The van der Waals surface area contributed by atoms with Gasteiger partial charge in [-0.2, -0.15) is 0 Å². The van der Waals surface area contributed by atoms with Crippen molar-refractivity contribution in [3.63, 3.8) is 0 Å². The number of phenolic OH excluding ortho intramolecular Hbond substituents is 2. The molecule has 0 atom stereocenters. The average Bonchev–Trinajstić information content (AvgIpc) is 2.77. The molecule has 1 aromatic carbocycles. The minimum absolute atomic E-state index is 0.111. The molecule has 0 aliphatic rings. The maximum atomic E-state index is 9.56. The summed E-state index contributed by atoms with van der Waals surface area (Å²) in [6.45, 7) is 5.02. The first kappa shape index (κ1) is 13.8. The zero-order valence-corrected chi connectivity index (χ0v) is 12.1. The fourth-order valence-corrected chi connectivity index (χ4v) is 3.11. The van der Waals surface area contributed by atoms with E-state index in [1.54, 1.807) is 23.5 Å². The predicted octanol–water partition coefficient (Wildman–Crippen LogP) is 3.06. The highest BCUT2D eigenvalue weighted by Crippen LogP contribution is 2.35. The molecule has 0 aliphatic carbocycles. The van der Waals surface area contributed by atoms with Crippen molar-refractivity contribution < 1.29 is 10.2 Å². The molecule has 2 aromatic rings. The Balaban J connectivity index is 2.44. The van der Waals surface area contributed by atoms with Gasteiger partial charge >= 0.3 is 0 Å². The molecule has 3 N–H and O–H groups in total. The predicted molar refractivity (Wildman–Crippen MR) is 77.7 cm³/mol. The molecule has 2 rings (SSSR count). The van der Waals surface area contributed by atoms with Crippen LogP contribution in [-0.4, -0.2) is 22.2 Å². The number of nitrogens with one attached hydrogen (secondary N) is 1. The number of aromatic hydroxyl groups is 2. The Hall–Kier alpha value is -1.59. The van der Waals surface area contributed by atoms with E-state index in [1.165, 1.54) is 10.9 Å². The minimum atomic E-state index is -0.117. The Morgan fingerprint density at radius 2 is 2.00 bits per heavy atom. The fraction of sp³-hybridized carbons (Fsp3) is 0.357. The van der Waals surface area contributed by atoms with Gasteiger partial charge in [0.05, 0.1) is 5.69 Å². The molecule has 0 spiro atoms. The summed E-state index contributed by atoms with van der Waals surface area (Å²) in [6, 6.07) is 4.79. The molecule has 0 saturated carbocycles. The lowest BCUT2D eigenvalue weighted by Crippen LogP contribution is -2.06. The molecule has 0 amide bonds. The van der Waals surface area contributed by atoms with Gasteiger partial charge < -0.3 is 15.5 Å². The third kappa shape index (κ3) is 2.88. The highest BCUT2D eigenvalue weighted by atomic mass is 32.1. The van der Waals surface area contributed by atoms with Crippen molar-refractivity contribution in [3.8, 4) is 22.1 Å². The Morgan fingerprint density at radius 1 is 1.26 bits per heavy atom. The molecule has 0 radical (unpaired) electrons. The van der Waals surface area contributed by atoms with Crippen molar-refractivity contribution in [1.82, 2.24) is 10.3 Å². The van der Waals surface area contributed by atoms with Crippen LogP contribution < -0.4 is 5.32 Å². The van der Waals surface area contributed by atoms with Gasteiger partial charge in [0.1, 0.15) is 5.01 Å².